The van der Waals surface area contributed by atoms with Crippen LogP contribution in [0.3, 0.4) is 0 Å². The number of ether oxygens (including phenoxy) is 2. The molecule has 0 heterocycles. The third-order valence-electron chi connectivity index (χ3n) is 5.62. The van der Waals surface area contributed by atoms with Crippen LogP contribution in [0.4, 0.5) is 0 Å². The summed E-state index contributed by atoms with van der Waals surface area (Å²) in [5.41, 5.74) is 6.36. The third kappa shape index (κ3) is 5.11. The zero-order chi connectivity index (χ0) is 23.3. The van der Waals surface area contributed by atoms with E-state index in [1.165, 1.54) is 0 Å². The van der Waals surface area contributed by atoms with Crippen LogP contribution in [0.2, 0.25) is 0 Å². The van der Waals surface area contributed by atoms with Crippen molar-refractivity contribution >= 4 is 5.91 Å². The quantitative estimate of drug-likeness (QED) is 0.533. The Morgan fingerprint density at radius 3 is 2.00 bits per heavy atom. The summed E-state index contributed by atoms with van der Waals surface area (Å²) >= 11 is 0. The van der Waals surface area contributed by atoms with E-state index in [-0.39, 0.29) is 18.6 Å². The largest absolute Gasteiger partial charge is 0.496 e. The van der Waals surface area contributed by atoms with E-state index in [0.717, 1.165) is 38.9 Å². The van der Waals surface area contributed by atoms with Gasteiger partial charge in [-0.25, -0.2) is 0 Å². The molecule has 3 rings (SSSR count). The maximum absolute atomic E-state index is 12.8. The molecule has 0 spiro atoms. The van der Waals surface area contributed by atoms with Crippen LogP contribution < -0.4 is 14.8 Å². The van der Waals surface area contributed by atoms with Gasteiger partial charge in [0.15, 0.2) is 0 Å². The molecule has 0 bridgehead atoms. The second-order valence-electron chi connectivity index (χ2n) is 8.08. The van der Waals surface area contributed by atoms with E-state index in [9.17, 15) is 9.90 Å². The monoisotopic (exact) mass is 433 g/mol. The van der Waals surface area contributed by atoms with Gasteiger partial charge in [-0.2, -0.15) is 0 Å². The van der Waals surface area contributed by atoms with Crippen molar-refractivity contribution in [2.24, 2.45) is 0 Å². The van der Waals surface area contributed by atoms with E-state index in [2.05, 4.69) is 17.4 Å². The van der Waals surface area contributed by atoms with E-state index in [0.29, 0.717) is 17.9 Å². The van der Waals surface area contributed by atoms with Crippen LogP contribution in [-0.4, -0.2) is 31.3 Å². The molecule has 3 aromatic carbocycles. The number of benzene rings is 3. The molecule has 1 atom stereocenters. The van der Waals surface area contributed by atoms with Crippen molar-refractivity contribution in [1.29, 1.82) is 0 Å². The van der Waals surface area contributed by atoms with Gasteiger partial charge in [0.1, 0.15) is 11.5 Å². The molecular formula is C27H31NO4. The minimum absolute atomic E-state index is 0.0136. The Labute approximate surface area is 190 Å². The van der Waals surface area contributed by atoms with Gasteiger partial charge in [0.2, 0.25) is 0 Å². The summed E-state index contributed by atoms with van der Waals surface area (Å²) in [6.45, 7) is 5.85. The van der Waals surface area contributed by atoms with Crippen molar-refractivity contribution in [3.8, 4) is 22.6 Å². The molecule has 5 heteroatoms. The summed E-state index contributed by atoms with van der Waals surface area (Å²) < 4.78 is 11.1. The number of carbonyl (C=O) groups is 1. The molecule has 0 aromatic heterocycles. The highest BCUT2D eigenvalue weighted by atomic mass is 16.5. The molecule has 0 saturated heterocycles. The van der Waals surface area contributed by atoms with Crippen LogP contribution >= 0.6 is 0 Å². The first-order valence-electron chi connectivity index (χ1n) is 10.7. The SMILES string of the molecule is COc1cc(CO)cc(OC)c1-c1ccc(CC(C)NC(=O)c2c(C)cccc2C)cc1. The van der Waals surface area contributed by atoms with Gasteiger partial charge in [-0.05, 0) is 67.1 Å². The first-order valence-corrected chi connectivity index (χ1v) is 10.7. The number of aliphatic hydroxyl groups excluding tert-OH is 1. The molecule has 168 valence electrons. The first-order chi connectivity index (χ1) is 15.4. The normalized spacial score (nSPS) is 11.7. The van der Waals surface area contributed by atoms with Crippen LogP contribution in [-0.2, 0) is 13.0 Å². The van der Waals surface area contributed by atoms with Crippen molar-refractivity contribution < 1.29 is 19.4 Å². The van der Waals surface area contributed by atoms with E-state index in [4.69, 9.17) is 9.47 Å². The second-order valence-corrected chi connectivity index (χ2v) is 8.08. The molecule has 0 aliphatic carbocycles. The highest BCUT2D eigenvalue weighted by Crippen LogP contribution is 2.39. The van der Waals surface area contributed by atoms with Gasteiger partial charge in [-0.1, -0.05) is 42.5 Å². The molecule has 1 amide bonds. The van der Waals surface area contributed by atoms with Gasteiger partial charge < -0.3 is 19.9 Å². The lowest BCUT2D eigenvalue weighted by Gasteiger charge is -2.17. The molecule has 32 heavy (non-hydrogen) atoms. The fourth-order valence-electron chi connectivity index (χ4n) is 4.02. The van der Waals surface area contributed by atoms with Gasteiger partial charge in [0, 0.05) is 11.6 Å². The van der Waals surface area contributed by atoms with Crippen LogP contribution in [0.5, 0.6) is 11.5 Å². The predicted molar refractivity (Wildman–Crippen MR) is 127 cm³/mol. The van der Waals surface area contributed by atoms with Crippen molar-refractivity contribution in [3.63, 3.8) is 0 Å². The smallest absolute Gasteiger partial charge is 0.252 e. The van der Waals surface area contributed by atoms with Gasteiger partial charge >= 0.3 is 0 Å². The molecule has 0 aliphatic heterocycles. The Morgan fingerprint density at radius 2 is 1.50 bits per heavy atom. The lowest BCUT2D eigenvalue weighted by atomic mass is 9.98. The van der Waals surface area contributed by atoms with Crippen molar-refractivity contribution in [2.75, 3.05) is 14.2 Å². The van der Waals surface area contributed by atoms with Crippen molar-refractivity contribution in [3.05, 3.63) is 82.4 Å². The molecule has 1 unspecified atom stereocenters. The molecule has 0 aliphatic rings. The number of amides is 1. The maximum Gasteiger partial charge on any atom is 0.252 e. The number of methoxy groups -OCH3 is 2. The second kappa shape index (κ2) is 10.3. The third-order valence-corrected chi connectivity index (χ3v) is 5.62. The highest BCUT2D eigenvalue weighted by molar-refractivity contribution is 5.97. The van der Waals surface area contributed by atoms with Crippen molar-refractivity contribution in [1.82, 2.24) is 5.32 Å². The Hall–Kier alpha value is -3.31. The molecule has 3 aromatic rings. The predicted octanol–water partition coefficient (Wildman–Crippen LogP) is 4.84. The Morgan fingerprint density at radius 1 is 0.938 bits per heavy atom. The molecule has 0 saturated carbocycles. The number of hydrogen-bond donors (Lipinski definition) is 2. The number of hydrogen-bond acceptors (Lipinski definition) is 4. The Balaban J connectivity index is 1.76. The number of nitrogens with one attached hydrogen (secondary N) is 1. The highest BCUT2D eigenvalue weighted by Gasteiger charge is 2.17. The number of carbonyl (C=O) groups excluding carboxylic acids is 1. The summed E-state index contributed by atoms with van der Waals surface area (Å²) in [4.78, 5) is 12.8. The Kier molecular flexibility index (Phi) is 7.54. The van der Waals surface area contributed by atoms with Crippen LogP contribution in [0, 0.1) is 13.8 Å². The Bertz CT molecular complexity index is 1040. The molecule has 0 fully saturated rings. The molecular weight excluding hydrogens is 402 g/mol. The molecule has 5 nitrogen and oxygen atoms in total. The maximum atomic E-state index is 12.8. The number of aliphatic hydroxyl groups is 1. The minimum Gasteiger partial charge on any atom is -0.496 e. The topological polar surface area (TPSA) is 67.8 Å². The lowest BCUT2D eigenvalue weighted by molar-refractivity contribution is 0.0939. The van der Waals surface area contributed by atoms with Gasteiger partial charge in [-0.15, -0.1) is 0 Å². The fourth-order valence-corrected chi connectivity index (χ4v) is 4.02. The van der Waals surface area contributed by atoms with Gasteiger partial charge in [0.25, 0.3) is 5.91 Å². The zero-order valence-corrected chi connectivity index (χ0v) is 19.4. The van der Waals surface area contributed by atoms with E-state index < -0.39 is 0 Å². The van der Waals surface area contributed by atoms with E-state index in [1.54, 1.807) is 14.2 Å². The first kappa shape index (κ1) is 23.4. The van der Waals surface area contributed by atoms with E-state index >= 15 is 0 Å². The number of aryl methyl sites for hydroxylation is 2. The van der Waals surface area contributed by atoms with E-state index in [1.807, 2.05) is 63.2 Å². The van der Waals surface area contributed by atoms with Gasteiger partial charge in [0.05, 0.1) is 26.4 Å². The summed E-state index contributed by atoms with van der Waals surface area (Å²) in [5.74, 6) is 1.26. The average Bonchev–Trinajstić information content (AvgIpc) is 2.78. The zero-order valence-electron chi connectivity index (χ0n) is 19.4. The van der Waals surface area contributed by atoms with Crippen LogP contribution in [0.25, 0.3) is 11.1 Å². The average molecular weight is 434 g/mol. The van der Waals surface area contributed by atoms with Crippen LogP contribution in [0.1, 0.15) is 39.5 Å². The minimum atomic E-state index is -0.0857. The summed E-state index contributed by atoms with van der Waals surface area (Å²) in [6.07, 6.45) is 0.717. The van der Waals surface area contributed by atoms with Crippen molar-refractivity contribution in [2.45, 2.75) is 39.8 Å². The van der Waals surface area contributed by atoms with Gasteiger partial charge in [-0.3, -0.25) is 4.79 Å². The summed E-state index contributed by atoms with van der Waals surface area (Å²) in [6, 6.07) is 17.7. The molecule has 2 N–H and O–H groups in total. The summed E-state index contributed by atoms with van der Waals surface area (Å²) in [5, 5.41) is 12.6. The number of rotatable bonds is 8. The fraction of sp³-hybridized carbons (Fsp3) is 0.296. The van der Waals surface area contributed by atoms with Crippen LogP contribution in [0.15, 0.2) is 54.6 Å². The molecule has 0 radical (unpaired) electrons. The lowest BCUT2D eigenvalue weighted by Crippen LogP contribution is -2.34. The standard InChI is InChI=1S/C27H31NO4/c1-17-7-6-8-18(2)25(17)27(30)28-19(3)13-20-9-11-22(12-10-20)26-23(31-4)14-21(16-29)15-24(26)32-5/h6-12,14-15,19,29H,13,16H2,1-5H3,(H,28,30). The summed E-state index contributed by atoms with van der Waals surface area (Å²) in [7, 11) is 3.21.